The summed E-state index contributed by atoms with van der Waals surface area (Å²) in [6.07, 6.45) is 25.0. The van der Waals surface area contributed by atoms with E-state index >= 15 is 0 Å². The Kier molecular flexibility index (Phi) is 6.60. The Morgan fingerprint density at radius 3 is 1.37 bits per heavy atom. The van der Waals surface area contributed by atoms with E-state index in [9.17, 15) is 0 Å². The summed E-state index contributed by atoms with van der Waals surface area (Å²) in [5.74, 6) is 4.24. The Bertz CT molecular complexity index is 1340. The summed E-state index contributed by atoms with van der Waals surface area (Å²) in [6.45, 7) is 30.9. The van der Waals surface area contributed by atoms with Crippen molar-refractivity contribution in [2.24, 2.45) is 57.2 Å². The number of rotatable bonds is 2. The van der Waals surface area contributed by atoms with Crippen molar-refractivity contribution in [2.75, 3.05) is 0 Å². The third-order valence-corrected chi connectivity index (χ3v) is 19.9. The Morgan fingerprint density at radius 2 is 0.953 bits per heavy atom. The SMILES string of the molecule is CC1=CC2CCC([Si](C)(C)C3C4C=C5C(=CC4C4C=C6C(=CC43)C(C)(C)CCC6(C)C)C(C)(C)CCC5(C)C)C2C(C)=C1. The molecule has 0 saturated heterocycles. The second kappa shape index (κ2) is 9.36. The molecule has 0 aromatic rings. The van der Waals surface area contributed by atoms with Crippen molar-refractivity contribution in [1.29, 1.82) is 0 Å². The van der Waals surface area contributed by atoms with Gasteiger partial charge in [-0.3, -0.25) is 0 Å². The van der Waals surface area contributed by atoms with Crippen molar-refractivity contribution in [3.63, 3.8) is 0 Å². The van der Waals surface area contributed by atoms with Gasteiger partial charge in [-0.15, -0.1) is 0 Å². The lowest BCUT2D eigenvalue weighted by Gasteiger charge is -2.50. The van der Waals surface area contributed by atoms with Crippen molar-refractivity contribution in [3.05, 3.63) is 69.9 Å². The van der Waals surface area contributed by atoms with Gasteiger partial charge in [0.2, 0.25) is 0 Å². The molecule has 7 rings (SSSR count). The number of allylic oxidation sites excluding steroid dienone is 12. The number of hydrogen-bond acceptors (Lipinski definition) is 0. The van der Waals surface area contributed by atoms with E-state index in [2.05, 4.69) is 119 Å². The highest BCUT2D eigenvalue weighted by atomic mass is 28.3. The van der Waals surface area contributed by atoms with Crippen molar-refractivity contribution in [1.82, 2.24) is 0 Å². The quantitative estimate of drug-likeness (QED) is 0.279. The van der Waals surface area contributed by atoms with E-state index in [0.29, 0.717) is 23.7 Å². The largest absolute Gasteiger partial charge is 0.0779 e. The van der Waals surface area contributed by atoms with E-state index < -0.39 is 8.07 Å². The van der Waals surface area contributed by atoms with E-state index in [-0.39, 0.29) is 21.7 Å². The van der Waals surface area contributed by atoms with E-state index in [0.717, 1.165) is 22.9 Å². The molecule has 4 fully saturated rings. The molecule has 7 atom stereocenters. The number of fused-ring (bicyclic) bond motifs is 6. The summed E-state index contributed by atoms with van der Waals surface area (Å²) < 4.78 is 0. The standard InChI is InChI=1S/C42H62Si/c1-25-19-26(2)37-27(20-25)13-14-36(37)43(11,12)38-30-23-34-32(39(3,4)15-17-41(34,7)8)21-28(30)29-22-33-35(24-31(29)38)42(9,10)18-16-40(33,5)6/h19-24,27-31,36-38H,13-18H2,1-12H3. The molecule has 0 amide bonds. The van der Waals surface area contributed by atoms with E-state index in [4.69, 9.17) is 0 Å². The van der Waals surface area contributed by atoms with Crippen LogP contribution in [0.25, 0.3) is 0 Å². The Balaban J connectivity index is 1.40. The third kappa shape index (κ3) is 4.39. The van der Waals surface area contributed by atoms with E-state index in [1.54, 1.807) is 27.9 Å². The first kappa shape index (κ1) is 30.3. The maximum atomic E-state index is 2.94. The van der Waals surface area contributed by atoms with Gasteiger partial charge in [-0.2, -0.15) is 0 Å². The molecule has 0 N–H and O–H groups in total. The summed E-state index contributed by atoms with van der Waals surface area (Å²) in [5, 5.41) is 0. The van der Waals surface area contributed by atoms with E-state index in [1.165, 1.54) is 44.1 Å². The zero-order chi connectivity index (χ0) is 31.1. The first-order chi connectivity index (χ1) is 19.8. The maximum absolute atomic E-state index is 2.94. The lowest BCUT2D eigenvalue weighted by molar-refractivity contribution is 0.244. The number of hydrogen-bond donors (Lipinski definition) is 0. The monoisotopic (exact) mass is 594 g/mol. The third-order valence-electron chi connectivity index (χ3n) is 14.8. The molecule has 7 unspecified atom stereocenters. The molecular weight excluding hydrogens is 533 g/mol. The fourth-order valence-corrected chi connectivity index (χ4v) is 17.6. The maximum Gasteiger partial charge on any atom is 0.0554 e. The van der Waals surface area contributed by atoms with E-state index in [1.807, 2.05) is 0 Å². The molecule has 43 heavy (non-hydrogen) atoms. The molecule has 0 nitrogen and oxygen atoms in total. The zero-order valence-corrected chi connectivity index (χ0v) is 30.8. The summed E-state index contributed by atoms with van der Waals surface area (Å²) in [6, 6.07) is 0. The molecule has 0 aromatic heterocycles. The molecule has 7 aliphatic rings. The highest BCUT2D eigenvalue weighted by molar-refractivity contribution is 6.80. The minimum absolute atomic E-state index is 0.286. The molecule has 0 spiro atoms. The molecular formula is C42H62Si. The lowest BCUT2D eigenvalue weighted by Crippen LogP contribution is -2.46. The van der Waals surface area contributed by atoms with Crippen LogP contribution in [-0.2, 0) is 0 Å². The fourth-order valence-electron chi connectivity index (χ4n) is 12.2. The van der Waals surface area contributed by atoms with Crippen LogP contribution in [-0.4, -0.2) is 8.07 Å². The molecule has 4 saturated carbocycles. The minimum atomic E-state index is -1.72. The smallest absolute Gasteiger partial charge is 0.0554 e. The van der Waals surface area contributed by atoms with Crippen molar-refractivity contribution < 1.29 is 0 Å². The fraction of sp³-hybridized carbons (Fsp3) is 0.714. The van der Waals surface area contributed by atoms with Crippen molar-refractivity contribution >= 4 is 8.07 Å². The van der Waals surface area contributed by atoms with Crippen LogP contribution in [0.2, 0.25) is 24.2 Å². The predicted molar refractivity (Wildman–Crippen MR) is 189 cm³/mol. The molecule has 234 valence electrons. The van der Waals surface area contributed by atoms with Gasteiger partial charge in [-0.05, 0) is 136 Å². The van der Waals surface area contributed by atoms with Gasteiger partial charge < -0.3 is 0 Å². The first-order valence-electron chi connectivity index (χ1n) is 18.1. The van der Waals surface area contributed by atoms with Gasteiger partial charge in [0.15, 0.2) is 0 Å². The first-order valence-corrected chi connectivity index (χ1v) is 21.3. The second-order valence-electron chi connectivity index (χ2n) is 19.7. The molecule has 7 aliphatic carbocycles. The Hall–Kier alpha value is -1.34. The van der Waals surface area contributed by atoms with Crippen LogP contribution < -0.4 is 0 Å². The summed E-state index contributed by atoms with van der Waals surface area (Å²) in [5.41, 5.74) is 12.9. The normalized spacial score (nSPS) is 41.6. The lowest BCUT2D eigenvalue weighted by atomic mass is 9.56. The molecule has 0 aromatic carbocycles. The summed E-state index contributed by atoms with van der Waals surface area (Å²) >= 11 is 0. The molecule has 0 aliphatic heterocycles. The van der Waals surface area contributed by atoms with Crippen molar-refractivity contribution in [3.8, 4) is 0 Å². The highest BCUT2D eigenvalue weighted by Crippen LogP contribution is 2.69. The highest BCUT2D eigenvalue weighted by Gasteiger charge is 2.61. The molecule has 0 heterocycles. The van der Waals surface area contributed by atoms with Gasteiger partial charge in [0.25, 0.3) is 0 Å². The van der Waals surface area contributed by atoms with Gasteiger partial charge in [0.05, 0.1) is 8.07 Å². The van der Waals surface area contributed by atoms with Crippen LogP contribution in [0.15, 0.2) is 69.9 Å². The Labute approximate surface area is 266 Å². The van der Waals surface area contributed by atoms with Crippen LogP contribution in [0, 0.1) is 57.2 Å². The summed E-state index contributed by atoms with van der Waals surface area (Å²) in [7, 11) is -1.72. The molecule has 1 heteroatoms. The van der Waals surface area contributed by atoms with Crippen LogP contribution in [0.3, 0.4) is 0 Å². The van der Waals surface area contributed by atoms with Crippen LogP contribution in [0.4, 0.5) is 0 Å². The average molecular weight is 595 g/mol. The topological polar surface area (TPSA) is 0 Å². The zero-order valence-electron chi connectivity index (χ0n) is 29.8. The van der Waals surface area contributed by atoms with Crippen LogP contribution in [0.1, 0.15) is 108 Å². The van der Waals surface area contributed by atoms with Gasteiger partial charge in [0.1, 0.15) is 0 Å². The van der Waals surface area contributed by atoms with Gasteiger partial charge in [-0.25, -0.2) is 0 Å². The van der Waals surface area contributed by atoms with Crippen LogP contribution >= 0.6 is 0 Å². The van der Waals surface area contributed by atoms with Crippen LogP contribution in [0.5, 0.6) is 0 Å². The summed E-state index contributed by atoms with van der Waals surface area (Å²) in [4.78, 5) is 0. The van der Waals surface area contributed by atoms with Gasteiger partial charge in [-0.1, -0.05) is 123 Å². The predicted octanol–water partition coefficient (Wildman–Crippen LogP) is 12.3. The van der Waals surface area contributed by atoms with Gasteiger partial charge >= 0.3 is 0 Å². The average Bonchev–Trinajstić information content (AvgIpc) is 3.48. The Morgan fingerprint density at radius 1 is 0.558 bits per heavy atom. The molecule has 0 radical (unpaired) electrons. The van der Waals surface area contributed by atoms with Crippen molar-refractivity contribution in [2.45, 2.75) is 132 Å². The second-order valence-corrected chi connectivity index (χ2v) is 24.7. The minimum Gasteiger partial charge on any atom is -0.0779 e. The van der Waals surface area contributed by atoms with Gasteiger partial charge in [0, 0.05) is 0 Å². The molecule has 0 bridgehead atoms.